The lowest BCUT2D eigenvalue weighted by molar-refractivity contribution is -0.394. The number of hydrogen-bond donors (Lipinski definition) is 0. The van der Waals surface area contributed by atoms with Crippen LogP contribution >= 0.6 is 11.6 Å². The van der Waals surface area contributed by atoms with Crippen LogP contribution in [0.25, 0.3) is 12.2 Å². The fraction of sp³-hybridized carbons (Fsp3) is 0.160. The van der Waals surface area contributed by atoms with Crippen LogP contribution in [0.5, 0.6) is 17.2 Å². The van der Waals surface area contributed by atoms with E-state index in [0.717, 1.165) is 17.2 Å². The maximum absolute atomic E-state index is 12.3. The zero-order valence-corrected chi connectivity index (χ0v) is 20.3. The number of carbonyl (C=O) groups excluding carboxylic acids is 1. The molecule has 0 aliphatic heterocycles. The molecule has 0 aromatic heterocycles. The van der Waals surface area contributed by atoms with E-state index in [1.165, 1.54) is 31.4 Å². The van der Waals surface area contributed by atoms with Crippen molar-refractivity contribution < 1.29 is 28.9 Å². The van der Waals surface area contributed by atoms with Gasteiger partial charge in [0.15, 0.2) is 18.1 Å². The number of ether oxygens (including phenoxy) is 3. The first-order valence-electron chi connectivity index (χ1n) is 10.5. The van der Waals surface area contributed by atoms with E-state index in [4.69, 9.17) is 25.8 Å². The molecule has 0 amide bonds. The molecule has 3 rings (SSSR count). The van der Waals surface area contributed by atoms with Crippen LogP contribution in [0.3, 0.4) is 0 Å². The summed E-state index contributed by atoms with van der Waals surface area (Å²) in [5.41, 5.74) is 1.64. The number of nitro benzene ring substituents is 2. The third kappa shape index (κ3) is 6.36. The molecule has 0 atom stereocenters. The van der Waals surface area contributed by atoms with Gasteiger partial charge in [0.2, 0.25) is 0 Å². The van der Waals surface area contributed by atoms with Crippen LogP contribution in [0, 0.1) is 34.1 Å². The van der Waals surface area contributed by atoms with Crippen molar-refractivity contribution in [2.75, 3.05) is 13.7 Å². The molecule has 3 aromatic rings. The SMILES string of the molecule is COc1cc(C=Cc2ccc([N+](=O)[O-])cc2[N+](=O)[O-])ccc1OC(=O)COc1cc(C)c(Cl)c(C)c1. The zero-order valence-electron chi connectivity index (χ0n) is 19.5. The number of methoxy groups -OCH3 is 1. The summed E-state index contributed by atoms with van der Waals surface area (Å²) in [6.45, 7) is 3.33. The summed E-state index contributed by atoms with van der Waals surface area (Å²) in [6, 6.07) is 11.5. The summed E-state index contributed by atoms with van der Waals surface area (Å²) in [7, 11) is 1.40. The predicted octanol–water partition coefficient (Wildman–Crippen LogP) is 5.94. The highest BCUT2D eigenvalue weighted by molar-refractivity contribution is 6.32. The molecule has 0 N–H and O–H groups in total. The van der Waals surface area contributed by atoms with Gasteiger partial charge in [-0.2, -0.15) is 0 Å². The Morgan fingerprint density at radius 3 is 2.25 bits per heavy atom. The largest absolute Gasteiger partial charge is 0.493 e. The molecule has 0 heterocycles. The Morgan fingerprint density at radius 1 is 0.944 bits per heavy atom. The first-order valence-corrected chi connectivity index (χ1v) is 10.9. The highest BCUT2D eigenvalue weighted by atomic mass is 35.5. The quantitative estimate of drug-likeness (QED) is 0.113. The minimum absolute atomic E-state index is 0.160. The Morgan fingerprint density at radius 2 is 1.64 bits per heavy atom. The number of non-ortho nitro benzene ring substituents is 1. The van der Waals surface area contributed by atoms with Gasteiger partial charge in [-0.25, -0.2) is 4.79 Å². The summed E-state index contributed by atoms with van der Waals surface area (Å²) >= 11 is 6.14. The van der Waals surface area contributed by atoms with E-state index in [0.29, 0.717) is 16.3 Å². The molecule has 0 bridgehead atoms. The van der Waals surface area contributed by atoms with Crippen molar-refractivity contribution in [2.45, 2.75) is 13.8 Å². The zero-order chi connectivity index (χ0) is 26.4. The number of carbonyl (C=O) groups is 1. The number of esters is 1. The summed E-state index contributed by atoms with van der Waals surface area (Å²) in [5.74, 6) is 0.248. The van der Waals surface area contributed by atoms with Crippen LogP contribution in [-0.4, -0.2) is 29.5 Å². The van der Waals surface area contributed by atoms with Crippen LogP contribution in [0.4, 0.5) is 11.4 Å². The molecule has 0 saturated carbocycles. The van der Waals surface area contributed by atoms with Crippen molar-refractivity contribution in [1.82, 2.24) is 0 Å². The third-order valence-corrected chi connectivity index (χ3v) is 5.65. The molecule has 3 aromatic carbocycles. The summed E-state index contributed by atoms with van der Waals surface area (Å²) < 4.78 is 16.2. The molecule has 186 valence electrons. The van der Waals surface area contributed by atoms with E-state index >= 15 is 0 Å². The standard InChI is InChI=1S/C25H21ClN2O8/c1-15-10-20(11-16(2)25(15)26)35-14-24(29)36-22-9-5-17(12-23(22)34-3)4-6-18-7-8-19(27(30)31)13-21(18)28(32)33/h4-13H,14H2,1-3H3. The van der Waals surface area contributed by atoms with Gasteiger partial charge in [0.1, 0.15) is 5.75 Å². The molecule has 11 heteroatoms. The van der Waals surface area contributed by atoms with Crippen LogP contribution in [0.2, 0.25) is 5.02 Å². The van der Waals surface area contributed by atoms with Gasteiger partial charge in [-0.15, -0.1) is 0 Å². The Kier molecular flexibility index (Phi) is 8.23. The van der Waals surface area contributed by atoms with Gasteiger partial charge in [-0.3, -0.25) is 20.2 Å². The molecule has 36 heavy (non-hydrogen) atoms. The minimum atomic E-state index is -0.700. The van der Waals surface area contributed by atoms with Crippen LogP contribution < -0.4 is 14.2 Å². The van der Waals surface area contributed by atoms with Crippen molar-refractivity contribution in [2.24, 2.45) is 0 Å². The summed E-state index contributed by atoms with van der Waals surface area (Å²) in [5, 5.41) is 22.8. The lowest BCUT2D eigenvalue weighted by atomic mass is 10.1. The number of benzene rings is 3. The van der Waals surface area contributed by atoms with Gasteiger partial charge >= 0.3 is 5.97 Å². The number of halogens is 1. The smallest absolute Gasteiger partial charge is 0.349 e. The maximum Gasteiger partial charge on any atom is 0.349 e. The van der Waals surface area contributed by atoms with Crippen LogP contribution in [-0.2, 0) is 4.79 Å². The van der Waals surface area contributed by atoms with Crippen molar-refractivity contribution in [1.29, 1.82) is 0 Å². The molecular formula is C25H21ClN2O8. The van der Waals surface area contributed by atoms with Crippen LogP contribution in [0.15, 0.2) is 48.5 Å². The Hall–Kier alpha value is -4.44. The van der Waals surface area contributed by atoms with Crippen LogP contribution in [0.1, 0.15) is 22.3 Å². The first-order chi connectivity index (χ1) is 17.1. The molecule has 0 fully saturated rings. The topological polar surface area (TPSA) is 131 Å². The number of nitrogens with zero attached hydrogens (tertiary/aromatic N) is 2. The fourth-order valence-electron chi connectivity index (χ4n) is 3.29. The molecule has 0 unspecified atom stereocenters. The van der Waals surface area contributed by atoms with Gasteiger partial charge in [-0.1, -0.05) is 23.7 Å². The van der Waals surface area contributed by atoms with E-state index in [9.17, 15) is 25.0 Å². The Bertz CT molecular complexity index is 1350. The lowest BCUT2D eigenvalue weighted by Gasteiger charge is -2.12. The monoisotopic (exact) mass is 512 g/mol. The number of aryl methyl sites for hydroxylation is 2. The number of nitro groups is 2. The molecule has 0 aliphatic carbocycles. The molecule has 0 aliphatic rings. The first kappa shape index (κ1) is 26.2. The number of hydrogen-bond acceptors (Lipinski definition) is 8. The van der Waals surface area contributed by atoms with Gasteiger partial charge in [0.25, 0.3) is 11.4 Å². The van der Waals surface area contributed by atoms with Crippen molar-refractivity contribution in [3.8, 4) is 17.2 Å². The maximum atomic E-state index is 12.3. The Balaban J connectivity index is 1.72. The fourth-order valence-corrected chi connectivity index (χ4v) is 3.40. The molecule has 10 nitrogen and oxygen atoms in total. The highest BCUT2D eigenvalue weighted by Crippen LogP contribution is 2.31. The predicted molar refractivity (Wildman–Crippen MR) is 134 cm³/mol. The molecule has 0 radical (unpaired) electrons. The second kappa shape index (κ2) is 11.3. The molecular weight excluding hydrogens is 492 g/mol. The van der Waals surface area contributed by atoms with Crippen molar-refractivity contribution >= 4 is 41.1 Å². The van der Waals surface area contributed by atoms with Gasteiger partial charge in [0.05, 0.1) is 28.6 Å². The Labute approximate surface area is 211 Å². The van der Waals surface area contributed by atoms with E-state index in [1.54, 1.807) is 30.3 Å². The van der Waals surface area contributed by atoms with Gasteiger partial charge in [0, 0.05) is 11.1 Å². The second-order valence-corrected chi connectivity index (χ2v) is 8.01. The van der Waals surface area contributed by atoms with E-state index in [-0.39, 0.29) is 29.4 Å². The van der Waals surface area contributed by atoms with E-state index in [2.05, 4.69) is 0 Å². The van der Waals surface area contributed by atoms with Crippen molar-refractivity contribution in [3.63, 3.8) is 0 Å². The third-order valence-electron chi connectivity index (χ3n) is 5.05. The highest BCUT2D eigenvalue weighted by Gasteiger charge is 2.18. The van der Waals surface area contributed by atoms with Crippen molar-refractivity contribution in [3.05, 3.63) is 96.0 Å². The molecule has 0 spiro atoms. The van der Waals surface area contributed by atoms with E-state index in [1.807, 2.05) is 13.8 Å². The second-order valence-electron chi connectivity index (χ2n) is 7.63. The molecule has 0 saturated heterocycles. The summed E-state index contributed by atoms with van der Waals surface area (Å²) in [6.07, 6.45) is 3.02. The van der Waals surface area contributed by atoms with Gasteiger partial charge < -0.3 is 14.2 Å². The average Bonchev–Trinajstić information content (AvgIpc) is 2.84. The van der Waals surface area contributed by atoms with E-state index < -0.39 is 21.5 Å². The average molecular weight is 513 g/mol. The summed E-state index contributed by atoms with van der Waals surface area (Å²) in [4.78, 5) is 33.1. The lowest BCUT2D eigenvalue weighted by Crippen LogP contribution is -2.18. The number of rotatable bonds is 9. The minimum Gasteiger partial charge on any atom is -0.493 e. The van der Waals surface area contributed by atoms with Gasteiger partial charge in [-0.05, 0) is 66.9 Å². The normalized spacial score (nSPS) is 10.8.